The van der Waals surface area contributed by atoms with Gasteiger partial charge in [0.25, 0.3) is 5.91 Å². The molecule has 2 aromatic rings. The Hall–Kier alpha value is -3.72. The molecule has 2 aliphatic heterocycles. The number of benzene rings is 1. The van der Waals surface area contributed by atoms with Gasteiger partial charge in [0.2, 0.25) is 11.8 Å². The number of carbonyl (C=O) groups is 2. The van der Waals surface area contributed by atoms with Crippen molar-refractivity contribution in [3.8, 4) is 18.2 Å². The van der Waals surface area contributed by atoms with Gasteiger partial charge in [0.1, 0.15) is 10.4 Å². The molecule has 0 aliphatic carbocycles. The van der Waals surface area contributed by atoms with Crippen LogP contribution in [0.3, 0.4) is 0 Å². The first kappa shape index (κ1) is 26.3. The van der Waals surface area contributed by atoms with E-state index in [1.54, 1.807) is 18.7 Å². The van der Waals surface area contributed by atoms with Gasteiger partial charge in [-0.25, -0.2) is 18.7 Å². The van der Waals surface area contributed by atoms with Gasteiger partial charge in [0.05, 0.1) is 17.9 Å². The standard InChI is InChI=1S/C25H26F2N6O3S/c1-4-9-36-19-13-29-18(12-30-19)21(34)31-15-10-16(20(27)17(26)11-15)24(2)14-25(3,37-23(28)32-24)22(35)33-7-5-6-8-33/h1,10-13H,5-9,14H2,2-3H3,(H2,28,32)(H,31,34)/t24-,25+/m0/s1. The number of halogens is 2. The lowest BCUT2D eigenvalue weighted by atomic mass is 9.82. The Kier molecular flexibility index (Phi) is 7.36. The lowest BCUT2D eigenvalue weighted by Crippen LogP contribution is -2.51. The highest BCUT2D eigenvalue weighted by molar-refractivity contribution is 8.15. The Labute approximate surface area is 217 Å². The number of rotatable bonds is 6. The molecule has 1 aromatic carbocycles. The van der Waals surface area contributed by atoms with E-state index in [1.807, 2.05) is 0 Å². The summed E-state index contributed by atoms with van der Waals surface area (Å²) in [6.07, 6.45) is 9.43. The van der Waals surface area contributed by atoms with Crippen LogP contribution in [0.4, 0.5) is 14.5 Å². The molecule has 2 amide bonds. The number of carbonyl (C=O) groups excluding carboxylic acids is 2. The average Bonchev–Trinajstić information content (AvgIpc) is 3.38. The molecule has 3 N–H and O–H groups in total. The largest absolute Gasteiger partial charge is 0.463 e. The number of hydrogen-bond acceptors (Lipinski definition) is 8. The minimum Gasteiger partial charge on any atom is -0.463 e. The second kappa shape index (κ2) is 10.3. The van der Waals surface area contributed by atoms with Crippen LogP contribution in [0.1, 0.15) is 49.2 Å². The number of thioether (sulfide) groups is 1. The van der Waals surface area contributed by atoms with Gasteiger partial charge >= 0.3 is 0 Å². The first-order valence-electron chi connectivity index (χ1n) is 11.6. The lowest BCUT2D eigenvalue weighted by molar-refractivity contribution is -0.132. The number of likely N-dealkylation sites (tertiary alicyclic amines) is 1. The van der Waals surface area contributed by atoms with Crippen molar-refractivity contribution < 1.29 is 23.1 Å². The van der Waals surface area contributed by atoms with Gasteiger partial charge in [-0.2, -0.15) is 0 Å². The summed E-state index contributed by atoms with van der Waals surface area (Å²) in [4.78, 5) is 40.1. The van der Waals surface area contributed by atoms with E-state index in [4.69, 9.17) is 16.9 Å². The number of hydrogen-bond donors (Lipinski definition) is 2. The topological polar surface area (TPSA) is 123 Å². The van der Waals surface area contributed by atoms with E-state index in [9.17, 15) is 14.0 Å². The van der Waals surface area contributed by atoms with Crippen molar-refractivity contribution in [3.05, 3.63) is 47.4 Å². The van der Waals surface area contributed by atoms with Crippen LogP contribution in [0, 0.1) is 24.0 Å². The van der Waals surface area contributed by atoms with Gasteiger partial charge < -0.3 is 20.7 Å². The maximum Gasteiger partial charge on any atom is 0.275 e. The van der Waals surface area contributed by atoms with Crippen molar-refractivity contribution in [1.29, 1.82) is 0 Å². The Morgan fingerprint density at radius 1 is 1.24 bits per heavy atom. The van der Waals surface area contributed by atoms with Gasteiger partial charge in [-0.05, 0) is 32.8 Å². The molecule has 0 saturated carbocycles. The molecule has 0 bridgehead atoms. The lowest BCUT2D eigenvalue weighted by Gasteiger charge is -2.41. The smallest absolute Gasteiger partial charge is 0.275 e. The average molecular weight is 529 g/mol. The zero-order valence-electron chi connectivity index (χ0n) is 20.4. The third-order valence-corrected chi connectivity index (χ3v) is 7.31. The second-order valence-electron chi connectivity index (χ2n) is 9.24. The molecule has 9 nitrogen and oxygen atoms in total. The van der Waals surface area contributed by atoms with Crippen LogP contribution in [0.25, 0.3) is 0 Å². The molecular formula is C25H26F2N6O3S. The van der Waals surface area contributed by atoms with E-state index in [-0.39, 0.29) is 46.9 Å². The molecule has 0 spiro atoms. The van der Waals surface area contributed by atoms with Gasteiger partial charge in [-0.3, -0.25) is 14.6 Å². The van der Waals surface area contributed by atoms with Crippen LogP contribution in [0.15, 0.2) is 29.5 Å². The highest BCUT2D eigenvalue weighted by Crippen LogP contribution is 2.47. The Morgan fingerprint density at radius 2 is 1.97 bits per heavy atom. The summed E-state index contributed by atoms with van der Waals surface area (Å²) >= 11 is 1.12. The number of terminal acetylenes is 1. The third kappa shape index (κ3) is 5.51. The van der Waals surface area contributed by atoms with Crippen molar-refractivity contribution >= 4 is 34.4 Å². The van der Waals surface area contributed by atoms with Crippen LogP contribution in [0.2, 0.25) is 0 Å². The van der Waals surface area contributed by atoms with Gasteiger partial charge in [-0.1, -0.05) is 17.7 Å². The van der Waals surface area contributed by atoms with E-state index in [2.05, 4.69) is 26.2 Å². The summed E-state index contributed by atoms with van der Waals surface area (Å²) in [5, 5.41) is 2.60. The molecule has 1 saturated heterocycles. The molecule has 4 rings (SSSR count). The first-order chi connectivity index (χ1) is 17.5. The van der Waals surface area contributed by atoms with Crippen molar-refractivity contribution in [2.24, 2.45) is 10.7 Å². The van der Waals surface area contributed by atoms with E-state index < -0.39 is 27.8 Å². The molecule has 194 valence electrons. The molecule has 37 heavy (non-hydrogen) atoms. The first-order valence-corrected chi connectivity index (χ1v) is 12.4. The molecular weight excluding hydrogens is 502 g/mol. The van der Waals surface area contributed by atoms with Crippen molar-refractivity contribution in [2.75, 3.05) is 25.0 Å². The quantitative estimate of drug-likeness (QED) is 0.553. The summed E-state index contributed by atoms with van der Waals surface area (Å²) in [6, 6.07) is 2.15. The van der Waals surface area contributed by atoms with Crippen molar-refractivity contribution in [1.82, 2.24) is 14.9 Å². The Morgan fingerprint density at radius 3 is 2.62 bits per heavy atom. The summed E-state index contributed by atoms with van der Waals surface area (Å²) in [5.74, 6) is -0.707. The maximum atomic E-state index is 15.1. The predicted octanol–water partition coefficient (Wildman–Crippen LogP) is 3.07. The number of nitrogens with two attached hydrogens (primary N) is 1. The van der Waals surface area contributed by atoms with Crippen LogP contribution in [0.5, 0.6) is 5.88 Å². The van der Waals surface area contributed by atoms with E-state index in [1.165, 1.54) is 18.5 Å². The minimum absolute atomic E-state index is 0.00913. The van der Waals surface area contributed by atoms with Gasteiger partial charge in [-0.15, -0.1) is 6.42 Å². The second-order valence-corrected chi connectivity index (χ2v) is 10.8. The molecule has 0 radical (unpaired) electrons. The Bertz CT molecular complexity index is 1290. The van der Waals surface area contributed by atoms with Crippen molar-refractivity contribution in [3.63, 3.8) is 0 Å². The maximum absolute atomic E-state index is 15.1. The highest BCUT2D eigenvalue weighted by Gasteiger charge is 2.49. The summed E-state index contributed by atoms with van der Waals surface area (Å²) < 4.78 is 34.0. The fraction of sp³-hybridized carbons (Fsp3) is 0.400. The number of amidine groups is 1. The molecule has 0 unspecified atom stereocenters. The fourth-order valence-corrected chi connectivity index (χ4v) is 5.91. The summed E-state index contributed by atoms with van der Waals surface area (Å²) in [7, 11) is 0. The highest BCUT2D eigenvalue weighted by atomic mass is 32.2. The zero-order chi connectivity index (χ0) is 26.8. The van der Waals surface area contributed by atoms with Crippen LogP contribution in [-0.4, -0.2) is 56.3 Å². The van der Waals surface area contributed by atoms with Crippen molar-refractivity contribution in [2.45, 2.75) is 43.4 Å². The molecule has 1 aromatic heterocycles. The van der Waals surface area contributed by atoms with Crippen LogP contribution < -0.4 is 15.8 Å². The van der Waals surface area contributed by atoms with E-state index >= 15 is 4.39 Å². The SMILES string of the molecule is C#CCOc1cnc(C(=O)Nc2cc(F)c(F)c([C@]3(C)C[C@](C)(C(=O)N4CCCC4)SC(N)=N3)c2)cn1. The van der Waals surface area contributed by atoms with Gasteiger partial charge in [0, 0.05) is 36.8 Å². The van der Waals surface area contributed by atoms with E-state index in [0.29, 0.717) is 13.1 Å². The number of ether oxygens (including phenoxy) is 1. The number of anilines is 1. The van der Waals surface area contributed by atoms with Gasteiger partial charge in [0.15, 0.2) is 23.4 Å². The Balaban J connectivity index is 1.61. The number of aliphatic imine (C=N–C) groups is 1. The predicted molar refractivity (Wildman–Crippen MR) is 136 cm³/mol. The van der Waals surface area contributed by atoms with E-state index in [0.717, 1.165) is 30.7 Å². The molecule has 12 heteroatoms. The number of nitrogens with zero attached hydrogens (tertiary/aromatic N) is 4. The fourth-order valence-electron chi connectivity index (χ4n) is 4.63. The normalized spacial score (nSPS) is 23.2. The molecule has 2 aliphatic rings. The summed E-state index contributed by atoms with van der Waals surface area (Å²) in [5.41, 5.74) is 4.52. The minimum atomic E-state index is -1.36. The molecule has 1 fully saturated rings. The number of nitrogens with one attached hydrogen (secondary N) is 1. The van der Waals surface area contributed by atoms with Crippen LogP contribution >= 0.6 is 11.8 Å². The molecule has 2 atom stereocenters. The molecule has 3 heterocycles. The number of amides is 2. The monoisotopic (exact) mass is 528 g/mol. The number of aromatic nitrogens is 2. The summed E-state index contributed by atoms with van der Waals surface area (Å²) in [6.45, 7) is 4.62. The third-order valence-electron chi connectivity index (χ3n) is 6.24. The zero-order valence-corrected chi connectivity index (χ0v) is 21.2. The van der Waals surface area contributed by atoms with Crippen LogP contribution in [-0.2, 0) is 10.3 Å².